The van der Waals surface area contributed by atoms with Crippen LogP contribution in [0.3, 0.4) is 0 Å². The van der Waals surface area contributed by atoms with Gasteiger partial charge in [-0.15, -0.1) is 0 Å². The number of para-hydroxylation sites is 2. The van der Waals surface area contributed by atoms with Gasteiger partial charge in [-0.05, 0) is 43.2 Å². The van der Waals surface area contributed by atoms with Gasteiger partial charge in [0, 0.05) is 20.1 Å². The monoisotopic (exact) mass is 354 g/mol. The van der Waals surface area contributed by atoms with Crippen LogP contribution >= 0.6 is 0 Å². The smallest absolute Gasteiger partial charge is 0.317 e. The third-order valence-corrected chi connectivity index (χ3v) is 4.35. The Morgan fingerprint density at radius 3 is 2.81 bits per heavy atom. The fourth-order valence-electron chi connectivity index (χ4n) is 3.02. The second-order valence-electron chi connectivity index (χ2n) is 6.23. The van der Waals surface area contributed by atoms with Crippen molar-refractivity contribution in [2.75, 3.05) is 13.6 Å². The number of carbonyl (C=O) groups is 1. The molecule has 0 unspecified atom stereocenters. The number of nitrogens with one attached hydrogen (secondary N) is 1. The van der Waals surface area contributed by atoms with E-state index in [9.17, 15) is 9.18 Å². The van der Waals surface area contributed by atoms with Gasteiger partial charge in [0.25, 0.3) is 0 Å². The number of nitrogens with zero attached hydrogens (tertiary/aromatic N) is 3. The molecule has 1 heterocycles. The minimum Gasteiger partial charge on any atom is -0.338 e. The van der Waals surface area contributed by atoms with Crippen molar-refractivity contribution in [1.29, 1.82) is 0 Å². The molecular weight excluding hydrogens is 331 g/mol. The molecule has 0 radical (unpaired) electrons. The van der Waals surface area contributed by atoms with E-state index in [4.69, 9.17) is 0 Å². The molecule has 0 aliphatic rings. The first-order chi connectivity index (χ1) is 12.6. The molecule has 5 nitrogen and oxygen atoms in total. The third-order valence-electron chi connectivity index (χ3n) is 4.35. The second kappa shape index (κ2) is 7.99. The number of urea groups is 1. The molecule has 0 spiro atoms. The number of amides is 2. The molecule has 2 aromatic carbocycles. The molecule has 0 atom stereocenters. The summed E-state index contributed by atoms with van der Waals surface area (Å²) in [4.78, 5) is 18.6. The summed E-state index contributed by atoms with van der Waals surface area (Å²) in [7, 11) is 1.75. The van der Waals surface area contributed by atoms with Crippen LogP contribution < -0.4 is 5.32 Å². The van der Waals surface area contributed by atoms with Crippen LogP contribution in [0.4, 0.5) is 9.18 Å². The molecule has 1 aromatic heterocycles. The predicted molar refractivity (Wildman–Crippen MR) is 100 cm³/mol. The molecule has 0 saturated heterocycles. The van der Waals surface area contributed by atoms with Crippen LogP contribution in [-0.4, -0.2) is 34.1 Å². The summed E-state index contributed by atoms with van der Waals surface area (Å²) < 4.78 is 15.3. The summed E-state index contributed by atoms with van der Waals surface area (Å²) in [6.07, 6.45) is 0.588. The number of hydrogen-bond acceptors (Lipinski definition) is 2. The van der Waals surface area contributed by atoms with Gasteiger partial charge in [-0.1, -0.05) is 24.3 Å². The number of rotatable bonds is 6. The molecule has 0 saturated carbocycles. The normalized spacial score (nSPS) is 10.9. The van der Waals surface area contributed by atoms with Crippen molar-refractivity contribution < 1.29 is 9.18 Å². The number of imidazole rings is 1. The Bertz CT molecular complexity index is 906. The highest BCUT2D eigenvalue weighted by Gasteiger charge is 2.14. The van der Waals surface area contributed by atoms with Crippen LogP contribution in [0.1, 0.15) is 18.3 Å². The average Bonchev–Trinajstić information content (AvgIpc) is 2.98. The summed E-state index contributed by atoms with van der Waals surface area (Å²) in [5.74, 6) is 0.598. The first-order valence-corrected chi connectivity index (χ1v) is 8.76. The lowest BCUT2D eigenvalue weighted by Gasteiger charge is -2.18. The van der Waals surface area contributed by atoms with Gasteiger partial charge in [-0.3, -0.25) is 0 Å². The Morgan fingerprint density at radius 2 is 2.04 bits per heavy atom. The van der Waals surface area contributed by atoms with E-state index in [1.807, 2.05) is 30.3 Å². The van der Waals surface area contributed by atoms with E-state index < -0.39 is 0 Å². The highest BCUT2D eigenvalue weighted by Crippen LogP contribution is 2.16. The van der Waals surface area contributed by atoms with Crippen molar-refractivity contribution in [3.8, 4) is 0 Å². The van der Waals surface area contributed by atoms with Gasteiger partial charge >= 0.3 is 6.03 Å². The predicted octanol–water partition coefficient (Wildman–Crippen LogP) is 3.58. The van der Waals surface area contributed by atoms with Crippen molar-refractivity contribution >= 4 is 17.1 Å². The van der Waals surface area contributed by atoms with Crippen molar-refractivity contribution in [3.63, 3.8) is 0 Å². The van der Waals surface area contributed by atoms with Gasteiger partial charge in [0.2, 0.25) is 0 Å². The standard InChI is InChI=1S/C20H23FN4O/c1-3-25-18-10-5-4-9-17(18)23-19(25)14-24(2)20(26)22-12-11-15-7-6-8-16(21)13-15/h4-10,13H,3,11-12,14H2,1-2H3,(H,22,26). The molecule has 1 N–H and O–H groups in total. The summed E-state index contributed by atoms with van der Waals surface area (Å²) in [6, 6.07) is 14.2. The third kappa shape index (κ3) is 4.02. The number of benzene rings is 2. The van der Waals surface area contributed by atoms with Crippen LogP contribution in [0.25, 0.3) is 11.0 Å². The Labute approximate surface area is 152 Å². The van der Waals surface area contributed by atoms with Gasteiger partial charge in [0.1, 0.15) is 11.6 Å². The van der Waals surface area contributed by atoms with E-state index in [0.29, 0.717) is 19.5 Å². The van der Waals surface area contributed by atoms with Crippen LogP contribution in [0, 0.1) is 5.82 Å². The number of halogens is 1. The molecule has 0 fully saturated rings. The largest absolute Gasteiger partial charge is 0.338 e. The number of fused-ring (bicyclic) bond motifs is 1. The quantitative estimate of drug-likeness (QED) is 0.736. The van der Waals surface area contributed by atoms with E-state index in [-0.39, 0.29) is 11.8 Å². The molecule has 0 bridgehead atoms. The first kappa shape index (κ1) is 17.9. The van der Waals surface area contributed by atoms with E-state index in [1.165, 1.54) is 12.1 Å². The minimum atomic E-state index is -0.260. The van der Waals surface area contributed by atoms with Gasteiger partial charge < -0.3 is 14.8 Å². The molecule has 3 aromatic rings. The van der Waals surface area contributed by atoms with E-state index in [0.717, 1.165) is 29.0 Å². The Kier molecular flexibility index (Phi) is 5.51. The number of hydrogen-bond donors (Lipinski definition) is 1. The highest BCUT2D eigenvalue weighted by atomic mass is 19.1. The zero-order valence-corrected chi connectivity index (χ0v) is 15.1. The van der Waals surface area contributed by atoms with E-state index in [2.05, 4.69) is 21.8 Å². The number of aryl methyl sites for hydroxylation is 1. The lowest BCUT2D eigenvalue weighted by atomic mass is 10.1. The SMILES string of the molecule is CCn1c(CN(C)C(=O)NCCc2cccc(F)c2)nc2ccccc21. The van der Waals surface area contributed by atoms with E-state index >= 15 is 0 Å². The zero-order valence-electron chi connectivity index (χ0n) is 15.1. The van der Waals surface area contributed by atoms with Crippen LogP contribution in [0.15, 0.2) is 48.5 Å². The summed E-state index contributed by atoms with van der Waals surface area (Å²) in [5, 5.41) is 2.87. The second-order valence-corrected chi connectivity index (χ2v) is 6.23. The fourth-order valence-corrected chi connectivity index (χ4v) is 3.02. The minimum absolute atomic E-state index is 0.170. The van der Waals surface area contributed by atoms with Gasteiger partial charge in [-0.2, -0.15) is 0 Å². The average molecular weight is 354 g/mol. The maximum atomic E-state index is 13.2. The highest BCUT2D eigenvalue weighted by molar-refractivity contribution is 5.76. The maximum absolute atomic E-state index is 13.2. The van der Waals surface area contributed by atoms with Crippen LogP contribution in [-0.2, 0) is 19.5 Å². The zero-order chi connectivity index (χ0) is 18.5. The van der Waals surface area contributed by atoms with Crippen molar-refractivity contribution in [2.24, 2.45) is 0 Å². The Hall–Kier alpha value is -2.89. The number of carbonyl (C=O) groups excluding carboxylic acids is 1. The maximum Gasteiger partial charge on any atom is 0.317 e. The van der Waals surface area contributed by atoms with Crippen LogP contribution in [0.5, 0.6) is 0 Å². The Balaban J connectivity index is 1.59. The topological polar surface area (TPSA) is 50.2 Å². The first-order valence-electron chi connectivity index (χ1n) is 8.76. The Morgan fingerprint density at radius 1 is 1.23 bits per heavy atom. The van der Waals surface area contributed by atoms with Gasteiger partial charge in [-0.25, -0.2) is 14.2 Å². The van der Waals surface area contributed by atoms with Crippen molar-refractivity contribution in [1.82, 2.24) is 19.8 Å². The van der Waals surface area contributed by atoms with Crippen LogP contribution in [0.2, 0.25) is 0 Å². The molecule has 2 amide bonds. The summed E-state index contributed by atoms with van der Waals surface area (Å²) in [6.45, 7) is 3.74. The molecule has 3 rings (SSSR count). The summed E-state index contributed by atoms with van der Waals surface area (Å²) in [5.41, 5.74) is 2.87. The van der Waals surface area contributed by atoms with Gasteiger partial charge in [0.05, 0.1) is 17.6 Å². The van der Waals surface area contributed by atoms with Crippen molar-refractivity contribution in [3.05, 3.63) is 65.7 Å². The molecule has 0 aliphatic carbocycles. The molecule has 0 aliphatic heterocycles. The van der Waals surface area contributed by atoms with Gasteiger partial charge in [0.15, 0.2) is 0 Å². The molecular formula is C20H23FN4O. The number of aromatic nitrogens is 2. The molecule has 26 heavy (non-hydrogen) atoms. The summed E-state index contributed by atoms with van der Waals surface area (Å²) >= 11 is 0. The lowest BCUT2D eigenvalue weighted by molar-refractivity contribution is 0.205. The van der Waals surface area contributed by atoms with E-state index in [1.54, 1.807) is 18.0 Å². The fraction of sp³-hybridized carbons (Fsp3) is 0.300. The van der Waals surface area contributed by atoms with Crippen molar-refractivity contribution in [2.45, 2.75) is 26.4 Å². The molecule has 6 heteroatoms. The molecule has 136 valence electrons. The lowest BCUT2D eigenvalue weighted by Crippen LogP contribution is -2.38.